The number of rotatable bonds is 2. The van der Waals surface area contributed by atoms with E-state index in [1.807, 2.05) is 23.1 Å². The lowest BCUT2D eigenvalue weighted by molar-refractivity contribution is -0.122. The Morgan fingerprint density at radius 2 is 2.00 bits per heavy atom. The van der Waals surface area contributed by atoms with Crippen molar-refractivity contribution >= 4 is 17.5 Å². The van der Waals surface area contributed by atoms with E-state index >= 15 is 0 Å². The highest BCUT2D eigenvalue weighted by molar-refractivity contribution is 5.96. The van der Waals surface area contributed by atoms with Crippen LogP contribution in [0.15, 0.2) is 24.3 Å². The number of nitrogens with zero attached hydrogens (tertiary/aromatic N) is 3. The smallest absolute Gasteiger partial charge is 0.241 e. The molecule has 2 amide bonds. The Bertz CT molecular complexity index is 707. The fourth-order valence-corrected chi connectivity index (χ4v) is 4.69. The second kappa shape index (κ2) is 7.00. The molecule has 3 aliphatic heterocycles. The minimum Gasteiger partial charge on any atom is -0.356 e. The van der Waals surface area contributed by atoms with Crippen molar-refractivity contribution in [1.29, 1.82) is 0 Å². The molecular weight excluding hydrogens is 328 g/mol. The molecule has 6 heteroatoms. The Balaban J connectivity index is 1.44. The van der Waals surface area contributed by atoms with Crippen LogP contribution in [-0.4, -0.2) is 73.5 Å². The van der Waals surface area contributed by atoms with Gasteiger partial charge in [-0.3, -0.25) is 19.4 Å². The van der Waals surface area contributed by atoms with Crippen LogP contribution in [0.5, 0.6) is 0 Å². The van der Waals surface area contributed by atoms with Crippen LogP contribution < -0.4 is 10.2 Å². The topological polar surface area (TPSA) is 55.9 Å². The second-order valence-electron chi connectivity index (χ2n) is 7.88. The monoisotopic (exact) mass is 356 g/mol. The van der Waals surface area contributed by atoms with Gasteiger partial charge in [0.05, 0.1) is 6.54 Å². The number of carbonyl (C=O) groups excluding carboxylic acids is 2. The lowest BCUT2D eigenvalue weighted by Gasteiger charge is -2.49. The maximum Gasteiger partial charge on any atom is 0.241 e. The Kier molecular flexibility index (Phi) is 4.71. The summed E-state index contributed by atoms with van der Waals surface area (Å²) in [7, 11) is 2.16. The fourth-order valence-electron chi connectivity index (χ4n) is 4.69. The highest BCUT2D eigenvalue weighted by Crippen LogP contribution is 2.31. The van der Waals surface area contributed by atoms with Crippen LogP contribution in [-0.2, 0) is 16.0 Å². The number of amides is 2. The zero-order valence-electron chi connectivity index (χ0n) is 15.5. The average molecular weight is 356 g/mol. The summed E-state index contributed by atoms with van der Waals surface area (Å²) in [6, 6.07) is 8.21. The van der Waals surface area contributed by atoms with E-state index in [1.54, 1.807) is 0 Å². The molecule has 0 aliphatic carbocycles. The van der Waals surface area contributed by atoms with E-state index in [9.17, 15) is 9.59 Å². The van der Waals surface area contributed by atoms with E-state index in [1.165, 1.54) is 5.56 Å². The SMILES string of the molecule is CN1CCN(CC(=O)N2CCc3ccccc32)C[C@@]12CCNC(=O)CC2. The minimum absolute atomic E-state index is 0.000602. The van der Waals surface area contributed by atoms with Crippen LogP contribution in [0.3, 0.4) is 0 Å². The Morgan fingerprint density at radius 3 is 2.88 bits per heavy atom. The van der Waals surface area contributed by atoms with Gasteiger partial charge in [-0.15, -0.1) is 0 Å². The molecule has 1 spiro atoms. The summed E-state index contributed by atoms with van der Waals surface area (Å²) in [5.41, 5.74) is 2.34. The molecule has 1 atom stereocenters. The summed E-state index contributed by atoms with van der Waals surface area (Å²) in [6.07, 6.45) is 3.34. The van der Waals surface area contributed by atoms with Gasteiger partial charge >= 0.3 is 0 Å². The number of benzene rings is 1. The van der Waals surface area contributed by atoms with Gasteiger partial charge in [0.2, 0.25) is 11.8 Å². The van der Waals surface area contributed by atoms with Crippen LogP contribution in [0.2, 0.25) is 0 Å². The van der Waals surface area contributed by atoms with Crippen LogP contribution in [0.25, 0.3) is 0 Å². The highest BCUT2D eigenvalue weighted by Gasteiger charge is 2.41. The number of hydrogen-bond acceptors (Lipinski definition) is 4. The van der Waals surface area contributed by atoms with E-state index in [0.29, 0.717) is 13.0 Å². The largest absolute Gasteiger partial charge is 0.356 e. The molecule has 0 aromatic heterocycles. The molecule has 0 radical (unpaired) electrons. The van der Waals surface area contributed by atoms with Crippen molar-refractivity contribution in [3.05, 3.63) is 29.8 Å². The number of hydrogen-bond donors (Lipinski definition) is 1. The Morgan fingerprint density at radius 1 is 1.15 bits per heavy atom. The number of fused-ring (bicyclic) bond motifs is 1. The van der Waals surface area contributed by atoms with Crippen LogP contribution in [0.4, 0.5) is 5.69 Å². The van der Waals surface area contributed by atoms with Crippen molar-refractivity contribution in [1.82, 2.24) is 15.1 Å². The number of nitrogens with one attached hydrogen (secondary N) is 1. The fraction of sp³-hybridized carbons (Fsp3) is 0.600. The summed E-state index contributed by atoms with van der Waals surface area (Å²) in [5.74, 6) is 0.342. The van der Waals surface area contributed by atoms with Gasteiger partial charge in [-0.2, -0.15) is 0 Å². The molecule has 2 fully saturated rings. The summed E-state index contributed by atoms with van der Waals surface area (Å²) in [6.45, 7) is 4.68. The zero-order valence-corrected chi connectivity index (χ0v) is 15.5. The first-order valence-electron chi connectivity index (χ1n) is 9.66. The molecule has 1 N–H and O–H groups in total. The first kappa shape index (κ1) is 17.5. The molecule has 3 aliphatic rings. The molecule has 140 valence electrons. The lowest BCUT2D eigenvalue weighted by atomic mass is 9.86. The van der Waals surface area contributed by atoms with Gasteiger partial charge in [0, 0.05) is 50.4 Å². The van der Waals surface area contributed by atoms with Gasteiger partial charge in [0.15, 0.2) is 0 Å². The van der Waals surface area contributed by atoms with E-state index < -0.39 is 0 Å². The van der Waals surface area contributed by atoms with Crippen LogP contribution >= 0.6 is 0 Å². The maximum absolute atomic E-state index is 13.0. The van der Waals surface area contributed by atoms with Crippen molar-refractivity contribution in [3.63, 3.8) is 0 Å². The molecular formula is C20H28N4O2. The number of likely N-dealkylation sites (N-methyl/N-ethyl adjacent to an activating group) is 1. The summed E-state index contributed by atoms with van der Waals surface area (Å²) in [5, 5.41) is 2.99. The van der Waals surface area contributed by atoms with Crippen LogP contribution in [0, 0.1) is 0 Å². The first-order valence-corrected chi connectivity index (χ1v) is 9.66. The molecule has 3 heterocycles. The van der Waals surface area contributed by atoms with Crippen LogP contribution in [0.1, 0.15) is 24.8 Å². The number of piperazine rings is 1. The molecule has 0 unspecified atom stereocenters. The normalized spacial score (nSPS) is 27.3. The maximum atomic E-state index is 13.0. The number of para-hydroxylation sites is 1. The third kappa shape index (κ3) is 3.23. The third-order valence-corrected chi connectivity index (χ3v) is 6.36. The Hall–Kier alpha value is -1.92. The van der Waals surface area contributed by atoms with Crippen molar-refractivity contribution in [2.24, 2.45) is 0 Å². The standard InChI is InChI=1S/C20H28N4O2/c1-22-12-13-23(15-20(22)8-6-18(25)21-10-9-20)14-19(26)24-11-7-16-4-2-3-5-17(16)24/h2-5H,6-15H2,1H3,(H,21,25)/t20-/m1/s1. The third-order valence-electron chi connectivity index (χ3n) is 6.36. The van der Waals surface area contributed by atoms with Crippen molar-refractivity contribution in [3.8, 4) is 0 Å². The van der Waals surface area contributed by atoms with Gasteiger partial charge in [0.25, 0.3) is 0 Å². The van der Waals surface area contributed by atoms with Gasteiger partial charge in [-0.25, -0.2) is 0 Å². The lowest BCUT2D eigenvalue weighted by Crippen LogP contribution is -2.62. The quantitative estimate of drug-likeness (QED) is 0.854. The molecule has 0 bridgehead atoms. The average Bonchev–Trinajstić information content (AvgIpc) is 2.98. The predicted molar refractivity (Wildman–Crippen MR) is 101 cm³/mol. The summed E-state index contributed by atoms with van der Waals surface area (Å²) < 4.78 is 0. The molecule has 1 aromatic carbocycles. The summed E-state index contributed by atoms with van der Waals surface area (Å²) >= 11 is 0. The first-order chi connectivity index (χ1) is 12.6. The molecule has 1 aromatic rings. The van der Waals surface area contributed by atoms with E-state index in [4.69, 9.17) is 0 Å². The number of anilines is 1. The zero-order chi connectivity index (χ0) is 18.1. The van der Waals surface area contributed by atoms with E-state index in [-0.39, 0.29) is 17.4 Å². The van der Waals surface area contributed by atoms with E-state index in [0.717, 1.165) is 57.7 Å². The van der Waals surface area contributed by atoms with Crippen molar-refractivity contribution in [2.75, 3.05) is 51.2 Å². The number of carbonyl (C=O) groups is 2. The molecule has 4 rings (SSSR count). The highest BCUT2D eigenvalue weighted by atomic mass is 16.2. The van der Waals surface area contributed by atoms with Crippen molar-refractivity contribution in [2.45, 2.75) is 31.2 Å². The molecule has 6 nitrogen and oxygen atoms in total. The van der Waals surface area contributed by atoms with Gasteiger partial charge in [0.1, 0.15) is 0 Å². The summed E-state index contributed by atoms with van der Waals surface area (Å²) in [4.78, 5) is 31.4. The van der Waals surface area contributed by atoms with Gasteiger partial charge in [-0.05, 0) is 37.9 Å². The second-order valence-corrected chi connectivity index (χ2v) is 7.88. The Labute approximate surface area is 155 Å². The van der Waals surface area contributed by atoms with E-state index in [2.05, 4.69) is 28.2 Å². The minimum atomic E-state index is 0.000602. The molecule has 2 saturated heterocycles. The predicted octanol–water partition coefficient (Wildman–Crippen LogP) is 0.862. The van der Waals surface area contributed by atoms with Gasteiger partial charge < -0.3 is 10.2 Å². The van der Waals surface area contributed by atoms with Crippen molar-refractivity contribution < 1.29 is 9.59 Å². The molecule has 0 saturated carbocycles. The van der Waals surface area contributed by atoms with Gasteiger partial charge in [-0.1, -0.05) is 18.2 Å². The molecule has 26 heavy (non-hydrogen) atoms.